The van der Waals surface area contributed by atoms with Crippen molar-refractivity contribution < 1.29 is 14.7 Å². The van der Waals surface area contributed by atoms with Gasteiger partial charge in [-0.3, -0.25) is 9.59 Å². The van der Waals surface area contributed by atoms with Crippen LogP contribution in [0.1, 0.15) is 38.2 Å². The van der Waals surface area contributed by atoms with Crippen LogP contribution in [0.25, 0.3) is 0 Å². The zero-order valence-electron chi connectivity index (χ0n) is 12.4. The van der Waals surface area contributed by atoms with Crippen molar-refractivity contribution >= 4 is 11.9 Å². The van der Waals surface area contributed by atoms with E-state index < -0.39 is 11.9 Å². The van der Waals surface area contributed by atoms with Crippen LogP contribution in [0.4, 0.5) is 0 Å². The quantitative estimate of drug-likeness (QED) is 0.875. The van der Waals surface area contributed by atoms with Crippen LogP contribution < -0.4 is 5.32 Å². The van der Waals surface area contributed by atoms with E-state index in [0.29, 0.717) is 12.8 Å². The molecule has 0 saturated heterocycles. The zero-order chi connectivity index (χ0) is 15.2. The van der Waals surface area contributed by atoms with Crippen LogP contribution in [0.15, 0.2) is 30.3 Å². The second kappa shape index (κ2) is 7.25. The van der Waals surface area contributed by atoms with Crippen LogP contribution in [0.5, 0.6) is 0 Å². The van der Waals surface area contributed by atoms with Gasteiger partial charge in [0.15, 0.2) is 0 Å². The summed E-state index contributed by atoms with van der Waals surface area (Å²) in [7, 11) is 0. The Kier molecular flexibility index (Phi) is 5.37. The van der Waals surface area contributed by atoms with Gasteiger partial charge in [0.05, 0.1) is 11.8 Å². The van der Waals surface area contributed by atoms with Gasteiger partial charge in [0, 0.05) is 6.04 Å². The Morgan fingerprint density at radius 1 is 1.19 bits per heavy atom. The summed E-state index contributed by atoms with van der Waals surface area (Å²) in [5.74, 6) is -1.85. The number of benzene rings is 1. The van der Waals surface area contributed by atoms with Crippen LogP contribution in [-0.4, -0.2) is 23.0 Å². The number of carboxylic acid groups (broad SMARTS) is 1. The number of aliphatic carboxylic acids is 1. The normalized spacial score (nSPS) is 23.3. The van der Waals surface area contributed by atoms with Crippen LogP contribution in [0.2, 0.25) is 0 Å². The smallest absolute Gasteiger partial charge is 0.307 e. The molecule has 1 aliphatic carbocycles. The number of hydrogen-bond donors (Lipinski definition) is 2. The van der Waals surface area contributed by atoms with Crippen LogP contribution >= 0.6 is 0 Å². The largest absolute Gasteiger partial charge is 0.481 e. The van der Waals surface area contributed by atoms with E-state index in [1.165, 1.54) is 5.56 Å². The summed E-state index contributed by atoms with van der Waals surface area (Å²) in [4.78, 5) is 23.6. The van der Waals surface area contributed by atoms with Gasteiger partial charge in [0.2, 0.25) is 5.91 Å². The minimum atomic E-state index is -0.842. The van der Waals surface area contributed by atoms with Gasteiger partial charge in [-0.25, -0.2) is 0 Å². The Morgan fingerprint density at radius 2 is 1.81 bits per heavy atom. The van der Waals surface area contributed by atoms with Crippen molar-refractivity contribution in [1.82, 2.24) is 5.32 Å². The summed E-state index contributed by atoms with van der Waals surface area (Å²) in [6.45, 7) is 1.96. The van der Waals surface area contributed by atoms with Crippen LogP contribution in [0.3, 0.4) is 0 Å². The van der Waals surface area contributed by atoms with Gasteiger partial charge in [0.25, 0.3) is 0 Å². The molecule has 0 radical (unpaired) electrons. The number of amides is 1. The number of nitrogens with one attached hydrogen (secondary N) is 1. The summed E-state index contributed by atoms with van der Waals surface area (Å²) < 4.78 is 0. The van der Waals surface area contributed by atoms with Gasteiger partial charge < -0.3 is 10.4 Å². The Labute approximate surface area is 125 Å². The van der Waals surface area contributed by atoms with Gasteiger partial charge in [-0.2, -0.15) is 0 Å². The lowest BCUT2D eigenvalue weighted by Crippen LogP contribution is -2.43. The molecule has 0 spiro atoms. The summed E-state index contributed by atoms with van der Waals surface area (Å²) in [5, 5.41) is 12.2. The van der Waals surface area contributed by atoms with Gasteiger partial charge in [-0.1, -0.05) is 43.2 Å². The van der Waals surface area contributed by atoms with Gasteiger partial charge in [-0.15, -0.1) is 0 Å². The van der Waals surface area contributed by atoms with E-state index in [-0.39, 0.29) is 17.9 Å². The fourth-order valence-corrected chi connectivity index (χ4v) is 3.11. The van der Waals surface area contributed by atoms with Crippen LogP contribution in [-0.2, 0) is 16.0 Å². The Balaban J connectivity index is 1.91. The fraction of sp³-hybridized carbons (Fsp3) is 0.529. The number of carboxylic acids is 1. The van der Waals surface area contributed by atoms with E-state index in [1.54, 1.807) is 0 Å². The lowest BCUT2D eigenvalue weighted by atomic mass is 9.78. The van der Waals surface area contributed by atoms with E-state index in [0.717, 1.165) is 19.3 Å². The third-order valence-corrected chi connectivity index (χ3v) is 4.19. The number of carbonyl (C=O) groups is 2. The lowest BCUT2D eigenvalue weighted by molar-refractivity contribution is -0.149. The highest BCUT2D eigenvalue weighted by Gasteiger charge is 2.35. The van der Waals surface area contributed by atoms with Crippen molar-refractivity contribution in [1.29, 1.82) is 0 Å². The second-order valence-electron chi connectivity index (χ2n) is 5.94. The molecule has 0 bridgehead atoms. The molecule has 0 aromatic heterocycles. The van der Waals surface area contributed by atoms with E-state index in [4.69, 9.17) is 0 Å². The number of carbonyl (C=O) groups excluding carboxylic acids is 1. The third kappa shape index (κ3) is 4.31. The maximum atomic E-state index is 12.3. The van der Waals surface area contributed by atoms with Gasteiger partial charge >= 0.3 is 5.97 Å². The molecular weight excluding hydrogens is 266 g/mol. The molecule has 1 amide bonds. The molecule has 21 heavy (non-hydrogen) atoms. The van der Waals surface area contributed by atoms with Crippen molar-refractivity contribution in [2.45, 2.75) is 45.1 Å². The molecule has 1 fully saturated rings. The maximum Gasteiger partial charge on any atom is 0.307 e. The van der Waals surface area contributed by atoms with Gasteiger partial charge in [0.1, 0.15) is 0 Å². The molecule has 1 saturated carbocycles. The van der Waals surface area contributed by atoms with Crippen LogP contribution in [0, 0.1) is 11.8 Å². The van der Waals surface area contributed by atoms with Crippen molar-refractivity contribution in [3.63, 3.8) is 0 Å². The highest BCUT2D eigenvalue weighted by molar-refractivity contribution is 5.85. The predicted molar refractivity (Wildman–Crippen MR) is 80.8 cm³/mol. The first-order valence-corrected chi connectivity index (χ1v) is 7.65. The van der Waals surface area contributed by atoms with E-state index in [2.05, 4.69) is 5.32 Å². The third-order valence-electron chi connectivity index (χ3n) is 4.19. The number of rotatable bonds is 5. The molecule has 2 N–H and O–H groups in total. The highest BCUT2D eigenvalue weighted by Crippen LogP contribution is 2.30. The van der Waals surface area contributed by atoms with Gasteiger partial charge in [-0.05, 0) is 31.7 Å². The van der Waals surface area contributed by atoms with E-state index in [9.17, 15) is 14.7 Å². The molecule has 1 aliphatic rings. The molecule has 4 heteroatoms. The first-order chi connectivity index (χ1) is 10.1. The first kappa shape index (κ1) is 15.5. The minimum absolute atomic E-state index is 0.0104. The summed E-state index contributed by atoms with van der Waals surface area (Å²) in [5.41, 5.74) is 1.17. The maximum absolute atomic E-state index is 12.3. The fourth-order valence-electron chi connectivity index (χ4n) is 3.11. The molecule has 1 aromatic rings. The average Bonchev–Trinajstić information content (AvgIpc) is 2.48. The van der Waals surface area contributed by atoms with Crippen molar-refractivity contribution in [2.24, 2.45) is 11.8 Å². The second-order valence-corrected chi connectivity index (χ2v) is 5.94. The lowest BCUT2D eigenvalue weighted by Gasteiger charge is -2.28. The zero-order valence-corrected chi connectivity index (χ0v) is 12.4. The van der Waals surface area contributed by atoms with Crippen molar-refractivity contribution in [3.8, 4) is 0 Å². The highest BCUT2D eigenvalue weighted by atomic mass is 16.4. The topological polar surface area (TPSA) is 66.4 Å². The van der Waals surface area contributed by atoms with Crippen molar-refractivity contribution in [3.05, 3.63) is 35.9 Å². The summed E-state index contributed by atoms with van der Waals surface area (Å²) >= 11 is 0. The molecule has 4 nitrogen and oxygen atoms in total. The predicted octanol–water partition coefficient (Wildman–Crippen LogP) is 2.62. The first-order valence-electron chi connectivity index (χ1n) is 7.65. The molecule has 1 aromatic carbocycles. The standard InChI is InChI=1S/C17H23NO3/c1-12(11-13-7-3-2-4-8-13)18-16(19)14-9-5-6-10-15(14)17(20)21/h2-4,7-8,12,14-15H,5-6,9-11H2,1H3,(H,18,19)(H,20,21). The molecule has 0 heterocycles. The summed E-state index contributed by atoms with van der Waals surface area (Å²) in [6, 6.07) is 9.99. The molecule has 114 valence electrons. The molecular formula is C17H23NO3. The minimum Gasteiger partial charge on any atom is -0.481 e. The SMILES string of the molecule is CC(Cc1ccccc1)NC(=O)C1CCCCC1C(=O)O. The average molecular weight is 289 g/mol. The Morgan fingerprint density at radius 3 is 2.43 bits per heavy atom. The molecule has 0 aliphatic heterocycles. The van der Waals surface area contributed by atoms with E-state index in [1.807, 2.05) is 37.3 Å². The van der Waals surface area contributed by atoms with Crippen molar-refractivity contribution in [2.75, 3.05) is 0 Å². The Hall–Kier alpha value is -1.84. The summed E-state index contributed by atoms with van der Waals surface area (Å²) in [6.07, 6.45) is 3.90. The molecule has 3 unspecified atom stereocenters. The van der Waals surface area contributed by atoms with E-state index >= 15 is 0 Å². The Bertz CT molecular complexity index is 486. The number of hydrogen-bond acceptors (Lipinski definition) is 2. The molecule has 2 rings (SSSR count). The monoisotopic (exact) mass is 289 g/mol. The molecule has 3 atom stereocenters.